The van der Waals surface area contributed by atoms with Gasteiger partial charge in [0, 0.05) is 25.4 Å². The molecule has 2 N–H and O–H groups in total. The number of aromatic nitrogens is 1. The summed E-state index contributed by atoms with van der Waals surface area (Å²) in [4.78, 5) is 18.4. The van der Waals surface area contributed by atoms with Gasteiger partial charge in [0.15, 0.2) is 0 Å². The number of nitrogens with two attached hydrogens (primary N) is 1. The largest absolute Gasteiger partial charge is 0.336 e. The maximum Gasteiger partial charge on any atom is 0.273 e. The number of benzene rings is 1. The molecule has 1 aromatic heterocycles. The average molecular weight is 303 g/mol. The smallest absolute Gasteiger partial charge is 0.273 e. The number of carbonyl (C=O) groups is 1. The fraction of sp³-hybridized carbons (Fsp3) is 0.375. The number of thiazole rings is 1. The van der Waals surface area contributed by atoms with E-state index in [1.54, 1.807) is 11.9 Å². The van der Waals surface area contributed by atoms with E-state index in [1.807, 2.05) is 5.38 Å². The van der Waals surface area contributed by atoms with Crippen LogP contribution in [0.25, 0.3) is 0 Å². The fourth-order valence-corrected chi connectivity index (χ4v) is 2.86. The Balaban J connectivity index is 2.00. The van der Waals surface area contributed by atoms with Crippen LogP contribution in [-0.2, 0) is 19.4 Å². The Labute approximate surface area is 129 Å². The van der Waals surface area contributed by atoms with Crippen molar-refractivity contribution in [3.8, 4) is 0 Å². The van der Waals surface area contributed by atoms with Gasteiger partial charge >= 0.3 is 0 Å². The number of carbonyl (C=O) groups excluding carboxylic acids is 1. The maximum atomic E-state index is 12.3. The normalized spacial score (nSPS) is 10.6. The van der Waals surface area contributed by atoms with Gasteiger partial charge in [0.25, 0.3) is 5.91 Å². The molecule has 5 heteroatoms. The molecule has 1 amide bonds. The van der Waals surface area contributed by atoms with E-state index in [-0.39, 0.29) is 5.91 Å². The second kappa shape index (κ2) is 7.33. The predicted molar refractivity (Wildman–Crippen MR) is 86.5 cm³/mol. The summed E-state index contributed by atoms with van der Waals surface area (Å²) in [5.41, 5.74) is 8.44. The van der Waals surface area contributed by atoms with Gasteiger partial charge in [0.1, 0.15) is 5.69 Å². The maximum absolute atomic E-state index is 12.3. The Kier molecular flexibility index (Phi) is 5.47. The minimum absolute atomic E-state index is 0.0471. The van der Waals surface area contributed by atoms with Crippen molar-refractivity contribution in [3.05, 3.63) is 51.5 Å². The topological polar surface area (TPSA) is 59.2 Å². The summed E-state index contributed by atoms with van der Waals surface area (Å²) in [5, 5.41) is 2.73. The van der Waals surface area contributed by atoms with Crippen LogP contribution in [0.15, 0.2) is 29.6 Å². The van der Waals surface area contributed by atoms with Crippen molar-refractivity contribution < 1.29 is 4.79 Å². The number of hydrogen-bond donors (Lipinski definition) is 1. The molecule has 0 saturated heterocycles. The lowest BCUT2D eigenvalue weighted by Crippen LogP contribution is -2.26. The van der Waals surface area contributed by atoms with E-state index in [0.29, 0.717) is 18.8 Å². The van der Waals surface area contributed by atoms with E-state index in [9.17, 15) is 4.79 Å². The molecule has 0 aliphatic carbocycles. The molecule has 1 heterocycles. The molecule has 0 aliphatic rings. The lowest BCUT2D eigenvalue weighted by atomic mass is 10.1. The van der Waals surface area contributed by atoms with Crippen molar-refractivity contribution in [2.45, 2.75) is 26.3 Å². The van der Waals surface area contributed by atoms with E-state index in [4.69, 9.17) is 5.73 Å². The van der Waals surface area contributed by atoms with Gasteiger partial charge in [-0.1, -0.05) is 31.2 Å². The van der Waals surface area contributed by atoms with Crippen molar-refractivity contribution in [2.75, 3.05) is 13.6 Å². The van der Waals surface area contributed by atoms with Gasteiger partial charge in [-0.25, -0.2) is 4.98 Å². The van der Waals surface area contributed by atoms with Crippen LogP contribution in [0.2, 0.25) is 0 Å². The molecular formula is C16H21N3OS. The Morgan fingerprint density at radius 1 is 1.29 bits per heavy atom. The molecule has 0 aliphatic heterocycles. The summed E-state index contributed by atoms with van der Waals surface area (Å²) in [5.74, 6) is -0.0471. The number of rotatable bonds is 6. The minimum atomic E-state index is -0.0471. The van der Waals surface area contributed by atoms with Crippen LogP contribution in [0.1, 0.15) is 33.5 Å². The van der Waals surface area contributed by atoms with Crippen molar-refractivity contribution >= 4 is 17.2 Å². The summed E-state index contributed by atoms with van der Waals surface area (Å²) in [7, 11) is 1.80. The molecule has 0 radical (unpaired) electrons. The summed E-state index contributed by atoms with van der Waals surface area (Å²) in [6.07, 6.45) is 1.75. The first kappa shape index (κ1) is 15.7. The van der Waals surface area contributed by atoms with Gasteiger partial charge in [-0.05, 0) is 24.1 Å². The van der Waals surface area contributed by atoms with E-state index in [0.717, 1.165) is 23.4 Å². The first-order valence-corrected chi connectivity index (χ1v) is 7.99. The molecule has 1 aromatic carbocycles. The highest BCUT2D eigenvalue weighted by atomic mass is 32.1. The lowest BCUT2D eigenvalue weighted by Gasteiger charge is -2.16. The first-order chi connectivity index (χ1) is 10.1. The number of nitrogens with zero attached hydrogens (tertiary/aromatic N) is 2. The van der Waals surface area contributed by atoms with Crippen LogP contribution in [0.5, 0.6) is 0 Å². The highest BCUT2D eigenvalue weighted by Gasteiger charge is 2.15. The van der Waals surface area contributed by atoms with Crippen molar-refractivity contribution in [3.63, 3.8) is 0 Å². The molecule has 0 unspecified atom stereocenters. The quantitative estimate of drug-likeness (QED) is 0.892. The fourth-order valence-electron chi connectivity index (χ4n) is 2.07. The third kappa shape index (κ3) is 4.12. The summed E-state index contributed by atoms with van der Waals surface area (Å²) in [6, 6.07) is 8.36. The third-order valence-corrected chi connectivity index (χ3v) is 4.24. The van der Waals surface area contributed by atoms with E-state index in [2.05, 4.69) is 36.2 Å². The van der Waals surface area contributed by atoms with Gasteiger partial charge in [0.05, 0.1) is 5.01 Å². The van der Waals surface area contributed by atoms with E-state index >= 15 is 0 Å². The molecular weight excluding hydrogens is 282 g/mol. The first-order valence-electron chi connectivity index (χ1n) is 7.11. The minimum Gasteiger partial charge on any atom is -0.336 e. The van der Waals surface area contributed by atoms with Gasteiger partial charge in [-0.15, -0.1) is 11.3 Å². The van der Waals surface area contributed by atoms with Gasteiger partial charge in [-0.3, -0.25) is 4.79 Å². The molecule has 21 heavy (non-hydrogen) atoms. The van der Waals surface area contributed by atoms with E-state index < -0.39 is 0 Å². The zero-order valence-electron chi connectivity index (χ0n) is 12.5. The monoisotopic (exact) mass is 303 g/mol. The molecule has 0 spiro atoms. The molecule has 2 rings (SSSR count). The van der Waals surface area contributed by atoms with Crippen molar-refractivity contribution in [2.24, 2.45) is 5.73 Å². The summed E-state index contributed by atoms with van der Waals surface area (Å²) < 4.78 is 0. The van der Waals surface area contributed by atoms with Crippen LogP contribution < -0.4 is 5.73 Å². The van der Waals surface area contributed by atoms with E-state index in [1.165, 1.54) is 16.9 Å². The number of aryl methyl sites for hydroxylation is 1. The number of amides is 1. The van der Waals surface area contributed by atoms with Crippen molar-refractivity contribution in [1.29, 1.82) is 0 Å². The second-order valence-electron chi connectivity index (χ2n) is 5.00. The zero-order valence-corrected chi connectivity index (χ0v) is 13.3. The molecule has 112 valence electrons. The predicted octanol–water partition coefficient (Wildman–Crippen LogP) is 2.48. The highest BCUT2D eigenvalue weighted by molar-refractivity contribution is 7.09. The Bertz CT molecular complexity index is 592. The van der Waals surface area contributed by atoms with Crippen LogP contribution >= 0.6 is 11.3 Å². The van der Waals surface area contributed by atoms with Gasteiger partial charge in [-0.2, -0.15) is 0 Å². The summed E-state index contributed by atoms with van der Waals surface area (Å²) in [6.45, 7) is 3.28. The standard InChI is InChI=1S/C16H21N3OS/c1-3-12-4-6-13(7-5-12)10-19(2)16(20)14-11-21-15(18-14)8-9-17/h4-7,11H,3,8-10,17H2,1-2H3. The highest BCUT2D eigenvalue weighted by Crippen LogP contribution is 2.14. The molecule has 0 atom stereocenters. The van der Waals surface area contributed by atoms with Crippen LogP contribution in [-0.4, -0.2) is 29.4 Å². The average Bonchev–Trinajstić information content (AvgIpc) is 2.96. The molecule has 2 aromatic rings. The van der Waals surface area contributed by atoms with Gasteiger partial charge < -0.3 is 10.6 Å². The molecule has 0 bridgehead atoms. The number of hydrogen-bond acceptors (Lipinski definition) is 4. The Hall–Kier alpha value is -1.72. The van der Waals surface area contributed by atoms with Gasteiger partial charge in [0.2, 0.25) is 0 Å². The van der Waals surface area contributed by atoms with Crippen LogP contribution in [0.3, 0.4) is 0 Å². The Morgan fingerprint density at radius 3 is 2.57 bits per heavy atom. The molecule has 0 fully saturated rings. The summed E-state index contributed by atoms with van der Waals surface area (Å²) >= 11 is 1.49. The molecule has 0 saturated carbocycles. The third-order valence-electron chi connectivity index (χ3n) is 3.33. The SMILES string of the molecule is CCc1ccc(CN(C)C(=O)c2csc(CCN)n2)cc1. The Morgan fingerprint density at radius 2 is 1.95 bits per heavy atom. The zero-order chi connectivity index (χ0) is 15.2. The lowest BCUT2D eigenvalue weighted by molar-refractivity contribution is 0.0780. The second-order valence-corrected chi connectivity index (χ2v) is 5.94. The van der Waals surface area contributed by atoms with Crippen molar-refractivity contribution in [1.82, 2.24) is 9.88 Å². The van der Waals surface area contributed by atoms with Crippen LogP contribution in [0, 0.1) is 0 Å². The van der Waals surface area contributed by atoms with Crippen LogP contribution in [0.4, 0.5) is 0 Å². The molecule has 4 nitrogen and oxygen atoms in total.